The predicted molar refractivity (Wildman–Crippen MR) is 85.4 cm³/mol. The van der Waals surface area contributed by atoms with Crippen LogP contribution < -0.4 is 16.8 Å². The van der Waals surface area contributed by atoms with Gasteiger partial charge in [-0.1, -0.05) is 24.3 Å². The lowest BCUT2D eigenvalue weighted by Gasteiger charge is -2.10. The third kappa shape index (κ3) is 3.17. The summed E-state index contributed by atoms with van der Waals surface area (Å²) in [5, 5.41) is 3.18. The van der Waals surface area contributed by atoms with Crippen molar-refractivity contribution in [3.05, 3.63) is 66.5 Å². The Morgan fingerprint density at radius 2 is 2.10 bits per heavy atom. The predicted octanol–water partition coefficient (Wildman–Crippen LogP) is 3.28. The molecule has 0 atom stereocenters. The summed E-state index contributed by atoms with van der Waals surface area (Å²) in [4.78, 5) is 4.21. The number of nitrogens with two attached hydrogens (primary N) is 2. The van der Waals surface area contributed by atoms with Gasteiger partial charge in [-0.2, -0.15) is 0 Å². The minimum absolute atomic E-state index is 0.650. The van der Waals surface area contributed by atoms with Gasteiger partial charge in [0.1, 0.15) is 5.82 Å². The quantitative estimate of drug-likeness (QED) is 0.586. The molecule has 0 radical (unpaired) electrons. The number of pyridine rings is 1. The Bertz CT molecular complexity index is 630. The van der Waals surface area contributed by atoms with Crippen LogP contribution in [0.2, 0.25) is 0 Å². The van der Waals surface area contributed by atoms with Crippen LogP contribution >= 0.6 is 0 Å². The van der Waals surface area contributed by atoms with Crippen molar-refractivity contribution in [3.8, 4) is 0 Å². The van der Waals surface area contributed by atoms with Crippen LogP contribution in [-0.4, -0.2) is 4.98 Å². The molecule has 0 saturated heterocycles. The van der Waals surface area contributed by atoms with E-state index in [1.807, 2.05) is 55.5 Å². The molecule has 0 fully saturated rings. The first kappa shape index (κ1) is 13.7. The molecular formula is C16H18N4. The Kier molecular flexibility index (Phi) is 4.39. The number of anilines is 3. The number of hydrogen-bond acceptors (Lipinski definition) is 4. The van der Waals surface area contributed by atoms with E-state index in [2.05, 4.69) is 10.3 Å². The molecule has 0 unspecified atom stereocenters. The fourth-order valence-corrected chi connectivity index (χ4v) is 1.86. The van der Waals surface area contributed by atoms with Crippen LogP contribution in [0.25, 0.3) is 5.57 Å². The molecule has 0 spiro atoms. The fraction of sp³-hybridized carbons (Fsp3) is 0.0625. The summed E-state index contributed by atoms with van der Waals surface area (Å²) in [5.41, 5.74) is 15.1. The standard InChI is InChI=1S/C16H18N4/c1-2-5-13(11-17)12-7-8-15(14(18)10-12)20-16-6-3-4-9-19-16/h2-11H,17-18H2,1H3,(H,19,20)/b5-2-,13-11+. The lowest BCUT2D eigenvalue weighted by Crippen LogP contribution is -1.99. The smallest absolute Gasteiger partial charge is 0.130 e. The largest absolute Gasteiger partial charge is 0.404 e. The Labute approximate surface area is 118 Å². The van der Waals surface area contributed by atoms with Crippen molar-refractivity contribution >= 4 is 22.8 Å². The minimum Gasteiger partial charge on any atom is -0.404 e. The van der Waals surface area contributed by atoms with Crippen LogP contribution in [0.5, 0.6) is 0 Å². The van der Waals surface area contributed by atoms with E-state index < -0.39 is 0 Å². The Morgan fingerprint density at radius 3 is 2.70 bits per heavy atom. The van der Waals surface area contributed by atoms with Gasteiger partial charge in [0.2, 0.25) is 0 Å². The highest BCUT2D eigenvalue weighted by Gasteiger charge is 2.04. The van der Waals surface area contributed by atoms with Gasteiger partial charge in [-0.15, -0.1) is 0 Å². The zero-order chi connectivity index (χ0) is 14.4. The van der Waals surface area contributed by atoms with Crippen LogP contribution in [0.4, 0.5) is 17.2 Å². The molecule has 20 heavy (non-hydrogen) atoms. The van der Waals surface area contributed by atoms with Crippen molar-refractivity contribution in [2.75, 3.05) is 11.1 Å². The molecule has 5 N–H and O–H groups in total. The molecule has 2 aromatic rings. The van der Waals surface area contributed by atoms with E-state index in [4.69, 9.17) is 11.5 Å². The van der Waals surface area contributed by atoms with Crippen LogP contribution in [0.1, 0.15) is 12.5 Å². The second kappa shape index (κ2) is 6.43. The number of benzene rings is 1. The van der Waals surface area contributed by atoms with E-state index >= 15 is 0 Å². The Hall–Kier alpha value is -2.75. The summed E-state index contributed by atoms with van der Waals surface area (Å²) < 4.78 is 0. The lowest BCUT2D eigenvalue weighted by molar-refractivity contribution is 1.31. The number of nitrogens with one attached hydrogen (secondary N) is 1. The fourth-order valence-electron chi connectivity index (χ4n) is 1.86. The van der Waals surface area contributed by atoms with Crippen molar-refractivity contribution in [1.82, 2.24) is 4.98 Å². The molecular weight excluding hydrogens is 248 g/mol. The van der Waals surface area contributed by atoms with E-state index in [0.29, 0.717) is 5.69 Å². The summed E-state index contributed by atoms with van der Waals surface area (Å²) >= 11 is 0. The van der Waals surface area contributed by atoms with Gasteiger partial charge >= 0.3 is 0 Å². The molecule has 102 valence electrons. The molecule has 4 nitrogen and oxygen atoms in total. The zero-order valence-corrected chi connectivity index (χ0v) is 11.4. The highest BCUT2D eigenvalue weighted by molar-refractivity contribution is 5.80. The molecule has 4 heteroatoms. The Balaban J connectivity index is 2.26. The summed E-state index contributed by atoms with van der Waals surface area (Å²) in [5.74, 6) is 0.759. The van der Waals surface area contributed by atoms with Crippen LogP contribution in [0.15, 0.2) is 60.9 Å². The van der Waals surface area contributed by atoms with Gasteiger partial charge in [-0.25, -0.2) is 4.98 Å². The summed E-state index contributed by atoms with van der Waals surface area (Å²) in [6.07, 6.45) is 7.18. The van der Waals surface area contributed by atoms with E-state index in [0.717, 1.165) is 22.6 Å². The second-order valence-corrected chi connectivity index (χ2v) is 4.26. The number of nitrogens with zero attached hydrogens (tertiary/aromatic N) is 1. The second-order valence-electron chi connectivity index (χ2n) is 4.26. The zero-order valence-electron chi connectivity index (χ0n) is 11.4. The highest BCUT2D eigenvalue weighted by Crippen LogP contribution is 2.26. The van der Waals surface area contributed by atoms with Crippen LogP contribution in [0.3, 0.4) is 0 Å². The maximum Gasteiger partial charge on any atom is 0.130 e. The number of nitrogen functional groups attached to an aromatic ring is 1. The van der Waals surface area contributed by atoms with Crippen molar-refractivity contribution in [2.45, 2.75) is 6.92 Å². The summed E-state index contributed by atoms with van der Waals surface area (Å²) in [6.45, 7) is 1.95. The molecule has 0 aliphatic heterocycles. The third-order valence-electron chi connectivity index (χ3n) is 2.84. The first-order valence-electron chi connectivity index (χ1n) is 6.37. The van der Waals surface area contributed by atoms with Crippen molar-refractivity contribution < 1.29 is 0 Å². The molecule has 0 aliphatic rings. The van der Waals surface area contributed by atoms with Gasteiger partial charge in [-0.05, 0) is 42.3 Å². The molecule has 2 rings (SSSR count). The average molecular weight is 266 g/mol. The monoisotopic (exact) mass is 266 g/mol. The van der Waals surface area contributed by atoms with Gasteiger partial charge in [0, 0.05) is 12.4 Å². The van der Waals surface area contributed by atoms with Crippen molar-refractivity contribution in [3.63, 3.8) is 0 Å². The topological polar surface area (TPSA) is 77.0 Å². The molecule has 1 aromatic heterocycles. The normalized spacial score (nSPS) is 11.8. The lowest BCUT2D eigenvalue weighted by atomic mass is 10.0. The van der Waals surface area contributed by atoms with Gasteiger partial charge < -0.3 is 16.8 Å². The van der Waals surface area contributed by atoms with Crippen molar-refractivity contribution in [2.24, 2.45) is 5.73 Å². The van der Waals surface area contributed by atoms with Gasteiger partial charge in [0.15, 0.2) is 0 Å². The molecule has 0 saturated carbocycles. The average Bonchev–Trinajstić information content (AvgIpc) is 2.48. The Morgan fingerprint density at radius 1 is 1.25 bits per heavy atom. The molecule has 0 aliphatic carbocycles. The van der Waals surface area contributed by atoms with E-state index in [1.165, 1.54) is 0 Å². The highest BCUT2D eigenvalue weighted by atomic mass is 15.0. The summed E-state index contributed by atoms with van der Waals surface area (Å²) in [7, 11) is 0. The number of hydrogen-bond donors (Lipinski definition) is 3. The maximum atomic E-state index is 6.08. The number of rotatable bonds is 4. The van der Waals surface area contributed by atoms with Gasteiger partial charge in [0.05, 0.1) is 11.4 Å². The first-order chi connectivity index (χ1) is 9.74. The van der Waals surface area contributed by atoms with Crippen molar-refractivity contribution in [1.29, 1.82) is 0 Å². The minimum atomic E-state index is 0.650. The maximum absolute atomic E-state index is 6.08. The van der Waals surface area contributed by atoms with Crippen LogP contribution in [-0.2, 0) is 0 Å². The van der Waals surface area contributed by atoms with E-state index in [-0.39, 0.29) is 0 Å². The number of aromatic nitrogens is 1. The number of allylic oxidation sites excluding steroid dienone is 3. The van der Waals surface area contributed by atoms with Gasteiger partial charge in [-0.3, -0.25) is 0 Å². The molecule has 0 bridgehead atoms. The molecule has 1 heterocycles. The molecule has 0 amide bonds. The SMILES string of the molecule is C/C=C\C(=C/N)c1ccc(Nc2ccccn2)c(N)c1. The van der Waals surface area contributed by atoms with E-state index in [1.54, 1.807) is 12.4 Å². The van der Waals surface area contributed by atoms with Gasteiger partial charge in [0.25, 0.3) is 0 Å². The third-order valence-corrected chi connectivity index (χ3v) is 2.84. The first-order valence-corrected chi connectivity index (χ1v) is 6.37. The molecule has 1 aromatic carbocycles. The summed E-state index contributed by atoms with van der Waals surface area (Å²) in [6, 6.07) is 11.5. The van der Waals surface area contributed by atoms with Crippen LogP contribution in [0, 0.1) is 0 Å². The van der Waals surface area contributed by atoms with E-state index in [9.17, 15) is 0 Å².